The van der Waals surface area contributed by atoms with Crippen LogP contribution in [0, 0.1) is 5.41 Å². The topological polar surface area (TPSA) is 59.9 Å². The second kappa shape index (κ2) is 8.22. The summed E-state index contributed by atoms with van der Waals surface area (Å²) in [6.45, 7) is 6.77. The lowest BCUT2D eigenvalue weighted by molar-refractivity contribution is 0.145. The van der Waals surface area contributed by atoms with Gasteiger partial charge in [-0.15, -0.1) is 0 Å². The number of rotatable bonds is 5. The van der Waals surface area contributed by atoms with Gasteiger partial charge in [-0.2, -0.15) is 11.8 Å². The van der Waals surface area contributed by atoms with Gasteiger partial charge < -0.3 is 10.1 Å². The van der Waals surface area contributed by atoms with Gasteiger partial charge in [0.05, 0.1) is 6.61 Å². The predicted octanol–water partition coefficient (Wildman–Crippen LogP) is 2.47. The first kappa shape index (κ1) is 16.1. The summed E-state index contributed by atoms with van der Waals surface area (Å²) in [4.78, 5) is 15.5. The van der Waals surface area contributed by atoms with E-state index in [9.17, 15) is 4.79 Å². The van der Waals surface area contributed by atoms with Crippen LogP contribution in [0.2, 0.25) is 0 Å². The normalized spacial score (nSPS) is 12.2. The minimum Gasteiger partial charge on any atom is -0.478 e. The Morgan fingerprint density at radius 1 is 1.41 bits per heavy atom. The Bertz CT molecular complexity index is 262. The van der Waals surface area contributed by atoms with E-state index in [2.05, 4.69) is 36.1 Å². The molecule has 0 bridgehead atoms. The lowest BCUT2D eigenvalue weighted by Gasteiger charge is -2.18. The van der Waals surface area contributed by atoms with Crippen molar-refractivity contribution < 1.29 is 14.4 Å². The van der Waals surface area contributed by atoms with Crippen molar-refractivity contribution in [1.29, 1.82) is 0 Å². The van der Waals surface area contributed by atoms with Crippen LogP contribution in [0.4, 0.5) is 4.79 Å². The van der Waals surface area contributed by atoms with E-state index in [0.717, 1.165) is 5.75 Å². The first-order valence-electron chi connectivity index (χ1n) is 5.46. The number of carbonyl (C=O) groups excluding carboxylic acids is 1. The molecule has 0 unspecified atom stereocenters. The molecule has 0 aromatic rings. The van der Waals surface area contributed by atoms with Crippen LogP contribution in [0.1, 0.15) is 27.2 Å². The molecule has 0 saturated carbocycles. The third-order valence-corrected chi connectivity index (χ3v) is 2.25. The molecule has 1 amide bonds. The number of amides is 1. The van der Waals surface area contributed by atoms with E-state index in [1.807, 2.05) is 6.26 Å². The van der Waals surface area contributed by atoms with Gasteiger partial charge >= 0.3 is 6.09 Å². The summed E-state index contributed by atoms with van der Waals surface area (Å²) in [7, 11) is 1.48. The summed E-state index contributed by atoms with van der Waals surface area (Å²) in [6, 6.07) is 0. The SMILES string of the molecule is CNC(=O)ON=C(CC(C)(C)C)OCCSC. The zero-order chi connectivity index (χ0) is 13.3. The third kappa shape index (κ3) is 9.99. The fourth-order valence-electron chi connectivity index (χ4n) is 0.944. The van der Waals surface area contributed by atoms with Gasteiger partial charge in [-0.05, 0) is 16.8 Å². The van der Waals surface area contributed by atoms with Crippen LogP contribution < -0.4 is 5.32 Å². The van der Waals surface area contributed by atoms with Crippen molar-refractivity contribution in [2.75, 3.05) is 25.7 Å². The number of hydrogen-bond donors (Lipinski definition) is 1. The number of thioether (sulfide) groups is 1. The van der Waals surface area contributed by atoms with E-state index in [1.165, 1.54) is 7.05 Å². The highest BCUT2D eigenvalue weighted by atomic mass is 32.2. The van der Waals surface area contributed by atoms with Crippen molar-refractivity contribution >= 4 is 23.8 Å². The molecule has 0 radical (unpaired) electrons. The van der Waals surface area contributed by atoms with Crippen LogP contribution >= 0.6 is 11.8 Å². The molecule has 0 saturated heterocycles. The molecule has 100 valence electrons. The first-order chi connectivity index (χ1) is 7.89. The van der Waals surface area contributed by atoms with Crippen LogP contribution in [0.5, 0.6) is 0 Å². The van der Waals surface area contributed by atoms with Crippen LogP contribution in [-0.4, -0.2) is 37.7 Å². The lowest BCUT2D eigenvalue weighted by Crippen LogP contribution is -2.21. The Morgan fingerprint density at radius 2 is 2.06 bits per heavy atom. The lowest BCUT2D eigenvalue weighted by atomic mass is 9.92. The molecular formula is C11H22N2O3S. The summed E-state index contributed by atoms with van der Waals surface area (Å²) in [5.74, 6) is 1.33. The zero-order valence-corrected chi connectivity index (χ0v) is 12.0. The molecule has 0 aromatic carbocycles. The van der Waals surface area contributed by atoms with Crippen molar-refractivity contribution in [1.82, 2.24) is 5.32 Å². The fraction of sp³-hybridized carbons (Fsp3) is 0.818. The monoisotopic (exact) mass is 262 g/mol. The van der Waals surface area contributed by atoms with E-state index in [0.29, 0.717) is 18.9 Å². The summed E-state index contributed by atoms with van der Waals surface area (Å²) in [6.07, 6.45) is 2.04. The van der Waals surface area contributed by atoms with Crippen molar-refractivity contribution in [2.45, 2.75) is 27.2 Å². The maximum absolute atomic E-state index is 10.9. The summed E-state index contributed by atoms with van der Waals surface area (Å²) in [5.41, 5.74) is 0.0320. The molecule has 5 nitrogen and oxygen atoms in total. The van der Waals surface area contributed by atoms with Crippen molar-refractivity contribution in [3.8, 4) is 0 Å². The average molecular weight is 262 g/mol. The molecule has 6 heteroatoms. The molecular weight excluding hydrogens is 240 g/mol. The number of hydrogen-bond acceptors (Lipinski definition) is 5. The first-order valence-corrected chi connectivity index (χ1v) is 6.86. The van der Waals surface area contributed by atoms with Gasteiger partial charge in [-0.25, -0.2) is 4.79 Å². The van der Waals surface area contributed by atoms with Crippen LogP contribution in [0.3, 0.4) is 0 Å². The van der Waals surface area contributed by atoms with E-state index >= 15 is 0 Å². The Hall–Kier alpha value is -0.910. The fourth-order valence-corrected chi connectivity index (χ4v) is 1.19. The van der Waals surface area contributed by atoms with Crippen LogP contribution in [-0.2, 0) is 9.57 Å². The van der Waals surface area contributed by atoms with Gasteiger partial charge in [0.25, 0.3) is 0 Å². The van der Waals surface area contributed by atoms with Gasteiger partial charge in [0.15, 0.2) is 0 Å². The molecule has 0 aliphatic rings. The Labute approximate surface area is 107 Å². The van der Waals surface area contributed by atoms with Gasteiger partial charge in [0.2, 0.25) is 5.90 Å². The number of oxime groups is 1. The van der Waals surface area contributed by atoms with Gasteiger partial charge in [0, 0.05) is 19.2 Å². The average Bonchev–Trinajstić information content (AvgIpc) is 2.23. The number of nitrogens with zero attached hydrogens (tertiary/aromatic N) is 1. The molecule has 0 heterocycles. The van der Waals surface area contributed by atoms with Gasteiger partial charge in [-0.3, -0.25) is 4.84 Å². The molecule has 1 N–H and O–H groups in total. The quantitative estimate of drug-likeness (QED) is 0.272. The van der Waals surface area contributed by atoms with E-state index in [-0.39, 0.29) is 5.41 Å². The third-order valence-electron chi connectivity index (χ3n) is 1.67. The number of nitrogens with one attached hydrogen (secondary N) is 1. The minimum atomic E-state index is -0.593. The van der Waals surface area contributed by atoms with Gasteiger partial charge in [0.1, 0.15) is 0 Å². The number of ether oxygens (including phenoxy) is 1. The highest BCUT2D eigenvalue weighted by Gasteiger charge is 2.16. The molecule has 0 rings (SSSR count). The van der Waals surface area contributed by atoms with Crippen molar-refractivity contribution in [3.05, 3.63) is 0 Å². The zero-order valence-electron chi connectivity index (χ0n) is 11.2. The predicted molar refractivity (Wildman–Crippen MR) is 71.4 cm³/mol. The van der Waals surface area contributed by atoms with E-state index in [4.69, 9.17) is 4.74 Å². The highest BCUT2D eigenvalue weighted by Crippen LogP contribution is 2.19. The summed E-state index contributed by atoms with van der Waals surface area (Å²) in [5, 5.41) is 6.05. The highest BCUT2D eigenvalue weighted by molar-refractivity contribution is 7.98. The molecule has 0 aliphatic heterocycles. The number of carbonyl (C=O) groups is 1. The van der Waals surface area contributed by atoms with Crippen LogP contribution in [0.25, 0.3) is 0 Å². The summed E-state index contributed by atoms with van der Waals surface area (Å²) < 4.78 is 5.48. The maximum Gasteiger partial charge on any atom is 0.433 e. The largest absolute Gasteiger partial charge is 0.478 e. The second-order valence-electron chi connectivity index (χ2n) is 4.69. The Morgan fingerprint density at radius 3 is 2.53 bits per heavy atom. The van der Waals surface area contributed by atoms with E-state index in [1.54, 1.807) is 11.8 Å². The molecule has 0 aromatic heterocycles. The van der Waals surface area contributed by atoms with Crippen molar-refractivity contribution in [2.24, 2.45) is 10.6 Å². The molecule has 17 heavy (non-hydrogen) atoms. The molecule has 0 spiro atoms. The smallest absolute Gasteiger partial charge is 0.433 e. The Kier molecular flexibility index (Phi) is 7.78. The second-order valence-corrected chi connectivity index (χ2v) is 5.68. The van der Waals surface area contributed by atoms with Crippen molar-refractivity contribution in [3.63, 3.8) is 0 Å². The molecule has 0 aliphatic carbocycles. The minimum absolute atomic E-state index is 0.0320. The molecule has 0 fully saturated rings. The molecule has 0 atom stereocenters. The van der Waals surface area contributed by atoms with Crippen LogP contribution in [0.15, 0.2) is 5.16 Å². The maximum atomic E-state index is 10.9. The van der Waals surface area contributed by atoms with Gasteiger partial charge in [-0.1, -0.05) is 20.8 Å². The van der Waals surface area contributed by atoms with E-state index < -0.39 is 6.09 Å². The summed E-state index contributed by atoms with van der Waals surface area (Å²) >= 11 is 1.69. The standard InChI is InChI=1S/C11H22N2O3S/c1-11(2,3)8-9(15-6-7-17-5)13-16-10(14)12-4/h6-8H2,1-5H3,(H,12,14). The Balaban J connectivity index is 4.33.